The fourth-order valence-electron chi connectivity index (χ4n) is 3.22. The van der Waals surface area contributed by atoms with Crippen LogP contribution in [0.25, 0.3) is 10.2 Å². The van der Waals surface area contributed by atoms with Crippen LogP contribution in [0.15, 0.2) is 58.2 Å². The molecule has 29 heavy (non-hydrogen) atoms. The zero-order valence-electron chi connectivity index (χ0n) is 16.5. The number of amides is 1. The molecule has 0 atom stereocenters. The van der Waals surface area contributed by atoms with E-state index in [9.17, 15) is 9.59 Å². The summed E-state index contributed by atoms with van der Waals surface area (Å²) in [6.07, 6.45) is 3.04. The predicted octanol–water partition coefficient (Wildman–Crippen LogP) is 4.21. The number of anilines is 1. The summed E-state index contributed by atoms with van der Waals surface area (Å²) in [5, 5.41) is 0.593. The van der Waals surface area contributed by atoms with Crippen LogP contribution in [-0.4, -0.2) is 15.5 Å². The van der Waals surface area contributed by atoms with Crippen LogP contribution in [0.3, 0.4) is 0 Å². The molecule has 4 aromatic rings. The topological polar surface area (TPSA) is 68.3 Å². The zero-order chi connectivity index (χ0) is 20.5. The van der Waals surface area contributed by atoms with E-state index in [2.05, 4.69) is 4.98 Å². The number of hydrogen-bond donors (Lipinski definition) is 0. The van der Waals surface area contributed by atoms with Gasteiger partial charge >= 0.3 is 0 Å². The Kier molecular flexibility index (Phi) is 5.07. The third kappa shape index (κ3) is 3.73. The quantitative estimate of drug-likeness (QED) is 0.497. The number of aromatic nitrogens is 2. The maximum Gasteiger partial charge on any atom is 0.262 e. The largest absolute Gasteiger partial charge is 0.467 e. The van der Waals surface area contributed by atoms with Crippen molar-refractivity contribution in [3.05, 3.63) is 81.1 Å². The number of fused-ring (bicyclic) bond motifs is 1. The van der Waals surface area contributed by atoms with Gasteiger partial charge in [0.15, 0.2) is 0 Å². The number of thiophene rings is 1. The summed E-state index contributed by atoms with van der Waals surface area (Å²) >= 11 is 1.50. The Balaban J connectivity index is 1.68. The van der Waals surface area contributed by atoms with E-state index < -0.39 is 0 Å². The fourth-order valence-corrected chi connectivity index (χ4v) is 4.21. The minimum atomic E-state index is -0.210. The van der Waals surface area contributed by atoms with E-state index in [1.54, 1.807) is 17.2 Å². The molecule has 6 nitrogen and oxygen atoms in total. The van der Waals surface area contributed by atoms with E-state index in [-0.39, 0.29) is 24.6 Å². The van der Waals surface area contributed by atoms with Crippen LogP contribution in [0, 0.1) is 20.8 Å². The standard InChI is InChI=1S/C22H21N3O3S/c1-14-6-8-17(9-7-14)25(11-18-5-4-10-28-18)19(26)12-24-13-23-21-20(22(24)27)15(2)16(3)29-21/h4-10,13H,11-12H2,1-3H3. The minimum absolute atomic E-state index is 0.0926. The Morgan fingerprint density at radius 1 is 1.17 bits per heavy atom. The lowest BCUT2D eigenvalue weighted by atomic mass is 10.2. The highest BCUT2D eigenvalue weighted by Gasteiger charge is 2.20. The molecule has 4 rings (SSSR count). The van der Waals surface area contributed by atoms with Crippen molar-refractivity contribution in [2.24, 2.45) is 0 Å². The van der Waals surface area contributed by atoms with Crippen molar-refractivity contribution in [1.82, 2.24) is 9.55 Å². The van der Waals surface area contributed by atoms with Gasteiger partial charge in [-0.1, -0.05) is 17.7 Å². The van der Waals surface area contributed by atoms with Crippen LogP contribution in [0.5, 0.6) is 0 Å². The lowest BCUT2D eigenvalue weighted by Crippen LogP contribution is -2.36. The number of carbonyl (C=O) groups excluding carboxylic acids is 1. The lowest BCUT2D eigenvalue weighted by molar-refractivity contribution is -0.119. The highest BCUT2D eigenvalue weighted by molar-refractivity contribution is 7.18. The summed E-state index contributed by atoms with van der Waals surface area (Å²) in [7, 11) is 0. The monoisotopic (exact) mass is 407 g/mol. The summed E-state index contributed by atoms with van der Waals surface area (Å²) in [5.74, 6) is 0.460. The van der Waals surface area contributed by atoms with Crippen LogP contribution in [-0.2, 0) is 17.9 Å². The maximum atomic E-state index is 13.2. The van der Waals surface area contributed by atoms with Crippen molar-refractivity contribution in [3.8, 4) is 0 Å². The summed E-state index contributed by atoms with van der Waals surface area (Å²) in [4.78, 5) is 33.9. The molecule has 1 aromatic carbocycles. The number of carbonyl (C=O) groups is 1. The molecule has 0 aliphatic heterocycles. The first kappa shape index (κ1) is 19.1. The van der Waals surface area contributed by atoms with Crippen molar-refractivity contribution >= 4 is 33.1 Å². The molecular formula is C22H21N3O3S. The fraction of sp³-hybridized carbons (Fsp3) is 0.227. The SMILES string of the molecule is Cc1ccc(N(Cc2ccco2)C(=O)Cn2cnc3sc(C)c(C)c3c2=O)cc1. The number of furan rings is 1. The van der Waals surface area contributed by atoms with Gasteiger partial charge in [-0.05, 0) is 50.6 Å². The van der Waals surface area contributed by atoms with E-state index in [0.29, 0.717) is 16.0 Å². The summed E-state index contributed by atoms with van der Waals surface area (Å²) < 4.78 is 6.82. The van der Waals surface area contributed by atoms with Gasteiger partial charge in [0.2, 0.25) is 5.91 Å². The van der Waals surface area contributed by atoms with E-state index in [0.717, 1.165) is 21.7 Å². The molecule has 148 valence electrons. The molecule has 1 amide bonds. The lowest BCUT2D eigenvalue weighted by Gasteiger charge is -2.22. The van der Waals surface area contributed by atoms with Gasteiger partial charge in [0.1, 0.15) is 17.1 Å². The summed E-state index contributed by atoms with van der Waals surface area (Å²) in [5.41, 5.74) is 2.59. The number of benzene rings is 1. The molecule has 0 bridgehead atoms. The van der Waals surface area contributed by atoms with Crippen LogP contribution in [0.2, 0.25) is 0 Å². The number of nitrogens with zero attached hydrogens (tertiary/aromatic N) is 3. The molecule has 0 N–H and O–H groups in total. The predicted molar refractivity (Wildman–Crippen MR) is 114 cm³/mol. The van der Waals surface area contributed by atoms with Crippen molar-refractivity contribution in [1.29, 1.82) is 0 Å². The molecule has 3 aromatic heterocycles. The molecule has 0 aliphatic rings. The van der Waals surface area contributed by atoms with Crippen LogP contribution in [0.1, 0.15) is 21.8 Å². The second kappa shape index (κ2) is 7.67. The second-order valence-corrected chi connectivity index (χ2v) is 8.24. The third-order valence-corrected chi connectivity index (χ3v) is 6.12. The molecule has 0 fully saturated rings. The molecular weight excluding hydrogens is 386 g/mol. The molecule has 0 saturated carbocycles. The molecule has 0 saturated heterocycles. The van der Waals surface area contributed by atoms with Crippen molar-refractivity contribution in [2.45, 2.75) is 33.9 Å². The van der Waals surface area contributed by atoms with Crippen LogP contribution in [0.4, 0.5) is 5.69 Å². The Morgan fingerprint density at radius 2 is 1.93 bits per heavy atom. The maximum absolute atomic E-state index is 13.2. The van der Waals surface area contributed by atoms with Gasteiger partial charge in [0, 0.05) is 10.6 Å². The second-order valence-electron chi connectivity index (χ2n) is 7.04. The van der Waals surface area contributed by atoms with E-state index >= 15 is 0 Å². The Morgan fingerprint density at radius 3 is 2.62 bits per heavy atom. The van der Waals surface area contributed by atoms with Gasteiger partial charge in [0.05, 0.1) is 24.5 Å². The highest BCUT2D eigenvalue weighted by atomic mass is 32.1. The highest BCUT2D eigenvalue weighted by Crippen LogP contribution is 2.25. The Bertz CT molecular complexity index is 1220. The van der Waals surface area contributed by atoms with Crippen molar-refractivity contribution < 1.29 is 9.21 Å². The van der Waals surface area contributed by atoms with Crippen LogP contribution >= 0.6 is 11.3 Å². The van der Waals surface area contributed by atoms with Gasteiger partial charge in [-0.15, -0.1) is 11.3 Å². The zero-order valence-corrected chi connectivity index (χ0v) is 17.3. The number of rotatable bonds is 5. The molecule has 3 heterocycles. The average molecular weight is 407 g/mol. The third-order valence-electron chi connectivity index (χ3n) is 5.00. The average Bonchev–Trinajstić information content (AvgIpc) is 3.31. The van der Waals surface area contributed by atoms with Gasteiger partial charge in [-0.3, -0.25) is 14.2 Å². The summed E-state index contributed by atoms with van der Waals surface area (Å²) in [6, 6.07) is 11.3. The van der Waals surface area contributed by atoms with E-state index in [4.69, 9.17) is 4.42 Å². The molecule has 0 radical (unpaired) electrons. The van der Waals surface area contributed by atoms with Gasteiger partial charge < -0.3 is 9.32 Å². The van der Waals surface area contributed by atoms with Crippen molar-refractivity contribution in [3.63, 3.8) is 0 Å². The van der Waals surface area contributed by atoms with Gasteiger partial charge in [-0.25, -0.2) is 4.98 Å². The molecule has 0 aliphatic carbocycles. The minimum Gasteiger partial charge on any atom is -0.467 e. The normalized spacial score (nSPS) is 11.1. The smallest absolute Gasteiger partial charge is 0.262 e. The molecule has 0 spiro atoms. The molecule has 0 unspecified atom stereocenters. The van der Waals surface area contributed by atoms with E-state index in [1.165, 1.54) is 22.2 Å². The van der Waals surface area contributed by atoms with Crippen molar-refractivity contribution in [2.75, 3.05) is 4.90 Å². The first-order valence-electron chi connectivity index (χ1n) is 9.28. The summed E-state index contributed by atoms with van der Waals surface area (Å²) in [6.45, 7) is 6.08. The number of hydrogen-bond acceptors (Lipinski definition) is 5. The first-order valence-corrected chi connectivity index (χ1v) is 10.1. The Labute approximate surface area is 172 Å². The molecule has 7 heteroatoms. The van der Waals surface area contributed by atoms with Gasteiger partial charge in [-0.2, -0.15) is 0 Å². The van der Waals surface area contributed by atoms with Gasteiger partial charge in [0.25, 0.3) is 5.56 Å². The Hall–Kier alpha value is -3.19. The van der Waals surface area contributed by atoms with Crippen LogP contribution < -0.4 is 10.5 Å². The van der Waals surface area contributed by atoms with E-state index in [1.807, 2.05) is 51.1 Å². The number of aryl methyl sites for hydroxylation is 3. The first-order chi connectivity index (χ1) is 13.9.